The fourth-order valence-electron chi connectivity index (χ4n) is 3.04. The molecule has 1 atom stereocenters. The molecule has 0 aromatic carbocycles. The molecule has 118 valence electrons. The second-order valence-electron chi connectivity index (χ2n) is 5.93. The van der Waals surface area contributed by atoms with E-state index in [0.29, 0.717) is 11.4 Å². The molecule has 1 aliphatic heterocycles. The molecule has 3 rings (SSSR count). The van der Waals surface area contributed by atoms with Crippen molar-refractivity contribution in [3.8, 4) is 5.82 Å². The summed E-state index contributed by atoms with van der Waals surface area (Å²) >= 11 is 0. The number of hydrogen-bond donors (Lipinski definition) is 2. The van der Waals surface area contributed by atoms with E-state index in [0.717, 1.165) is 43.1 Å². The Hall–Kier alpha value is -2.08. The number of nitrogens with one attached hydrogen (secondary N) is 2. The van der Waals surface area contributed by atoms with Gasteiger partial charge in [-0.15, -0.1) is 0 Å². The monoisotopic (exact) mass is 302 g/mol. The van der Waals surface area contributed by atoms with Gasteiger partial charge < -0.3 is 15.2 Å². The number of nitrogens with zero attached hydrogens (tertiary/aromatic N) is 2. The Balaban J connectivity index is 1.84. The minimum atomic E-state index is -0.0201. The molecule has 0 radical (unpaired) electrons. The van der Waals surface area contributed by atoms with Gasteiger partial charge in [-0.2, -0.15) is 0 Å². The topological polar surface area (TPSA) is 72.1 Å². The molecular formula is C16H22N4O2. The van der Waals surface area contributed by atoms with Gasteiger partial charge in [0.05, 0.1) is 5.56 Å². The van der Waals surface area contributed by atoms with Crippen molar-refractivity contribution >= 4 is 5.91 Å². The van der Waals surface area contributed by atoms with Gasteiger partial charge in [-0.25, -0.2) is 0 Å². The third-order valence-electron chi connectivity index (χ3n) is 4.15. The Morgan fingerprint density at radius 2 is 2.23 bits per heavy atom. The molecule has 3 heterocycles. The molecule has 2 aromatic heterocycles. The first kappa shape index (κ1) is 14.8. The standard InChI is InChI=1S/C16H22N4O2/c1-10-7-14(16(21)18-13-5-4-6-17-9-13)12(3)20(10)15-8-11(2)22-19-15/h7-8,13,17H,4-6,9H2,1-3H3,(H,18,21)/t13-/m0/s1. The Morgan fingerprint density at radius 3 is 2.86 bits per heavy atom. The number of hydrogen-bond acceptors (Lipinski definition) is 4. The van der Waals surface area contributed by atoms with Gasteiger partial charge in [-0.1, -0.05) is 5.16 Å². The van der Waals surface area contributed by atoms with Crippen LogP contribution in [0.1, 0.15) is 40.3 Å². The van der Waals surface area contributed by atoms with Crippen LogP contribution < -0.4 is 10.6 Å². The second kappa shape index (κ2) is 5.96. The van der Waals surface area contributed by atoms with Crippen LogP contribution in [0.5, 0.6) is 0 Å². The maximum absolute atomic E-state index is 12.5. The van der Waals surface area contributed by atoms with Crippen molar-refractivity contribution in [1.82, 2.24) is 20.4 Å². The number of amides is 1. The number of carbonyl (C=O) groups excluding carboxylic acids is 1. The van der Waals surface area contributed by atoms with Gasteiger partial charge in [0.25, 0.3) is 5.91 Å². The van der Waals surface area contributed by atoms with Gasteiger partial charge in [-0.3, -0.25) is 9.36 Å². The van der Waals surface area contributed by atoms with E-state index in [9.17, 15) is 4.79 Å². The first-order valence-corrected chi connectivity index (χ1v) is 7.70. The smallest absolute Gasteiger partial charge is 0.253 e. The lowest BCUT2D eigenvalue weighted by molar-refractivity contribution is 0.0930. The van der Waals surface area contributed by atoms with Crippen LogP contribution >= 0.6 is 0 Å². The zero-order valence-electron chi connectivity index (χ0n) is 13.3. The molecule has 6 nitrogen and oxygen atoms in total. The van der Waals surface area contributed by atoms with Crippen molar-refractivity contribution in [1.29, 1.82) is 0 Å². The van der Waals surface area contributed by atoms with Crippen LogP contribution in [0.4, 0.5) is 0 Å². The molecule has 1 fully saturated rings. The molecule has 0 spiro atoms. The van der Waals surface area contributed by atoms with E-state index in [1.807, 2.05) is 37.5 Å². The van der Waals surface area contributed by atoms with Crippen molar-refractivity contribution in [3.05, 3.63) is 34.8 Å². The number of rotatable bonds is 3. The fourth-order valence-corrected chi connectivity index (χ4v) is 3.04. The van der Waals surface area contributed by atoms with E-state index in [-0.39, 0.29) is 11.9 Å². The molecule has 0 unspecified atom stereocenters. The maximum atomic E-state index is 12.5. The number of carbonyl (C=O) groups is 1. The van der Waals surface area contributed by atoms with Crippen LogP contribution in [0.2, 0.25) is 0 Å². The van der Waals surface area contributed by atoms with Crippen molar-refractivity contribution in [2.75, 3.05) is 13.1 Å². The average Bonchev–Trinajstić information content (AvgIpc) is 3.03. The molecule has 1 amide bonds. The van der Waals surface area contributed by atoms with E-state index in [1.165, 1.54) is 0 Å². The molecule has 2 N–H and O–H groups in total. The van der Waals surface area contributed by atoms with Crippen molar-refractivity contribution in [3.63, 3.8) is 0 Å². The minimum Gasteiger partial charge on any atom is -0.360 e. The second-order valence-corrected chi connectivity index (χ2v) is 5.93. The molecule has 6 heteroatoms. The van der Waals surface area contributed by atoms with Crippen molar-refractivity contribution in [2.45, 2.75) is 39.7 Å². The Morgan fingerprint density at radius 1 is 1.41 bits per heavy atom. The van der Waals surface area contributed by atoms with E-state index in [4.69, 9.17) is 4.52 Å². The van der Waals surface area contributed by atoms with Gasteiger partial charge in [0, 0.05) is 30.0 Å². The van der Waals surface area contributed by atoms with Crippen LogP contribution in [0.25, 0.3) is 5.82 Å². The minimum absolute atomic E-state index is 0.0201. The summed E-state index contributed by atoms with van der Waals surface area (Å²) < 4.78 is 7.09. The Bertz CT molecular complexity index is 680. The van der Waals surface area contributed by atoms with Crippen LogP contribution in [-0.4, -0.2) is 34.8 Å². The molecular weight excluding hydrogens is 280 g/mol. The fraction of sp³-hybridized carbons (Fsp3) is 0.500. The lowest BCUT2D eigenvalue weighted by atomic mass is 10.1. The Labute approximate surface area is 129 Å². The molecule has 1 saturated heterocycles. The van der Waals surface area contributed by atoms with Crippen LogP contribution in [0.15, 0.2) is 16.7 Å². The molecule has 0 saturated carbocycles. The predicted molar refractivity (Wildman–Crippen MR) is 83.4 cm³/mol. The van der Waals surface area contributed by atoms with E-state index < -0.39 is 0 Å². The van der Waals surface area contributed by atoms with Gasteiger partial charge >= 0.3 is 0 Å². The summed E-state index contributed by atoms with van der Waals surface area (Å²) in [5.74, 6) is 1.45. The first-order chi connectivity index (χ1) is 10.6. The average molecular weight is 302 g/mol. The number of aryl methyl sites for hydroxylation is 2. The molecule has 2 aromatic rings. The predicted octanol–water partition coefficient (Wildman–Crippen LogP) is 1.87. The van der Waals surface area contributed by atoms with Crippen LogP contribution in [-0.2, 0) is 0 Å². The van der Waals surface area contributed by atoms with Crippen LogP contribution in [0.3, 0.4) is 0 Å². The highest BCUT2D eigenvalue weighted by Crippen LogP contribution is 2.21. The van der Waals surface area contributed by atoms with Gasteiger partial charge in [0.2, 0.25) is 0 Å². The normalized spacial score (nSPS) is 18.4. The van der Waals surface area contributed by atoms with E-state index in [2.05, 4.69) is 15.8 Å². The first-order valence-electron chi connectivity index (χ1n) is 7.70. The quantitative estimate of drug-likeness (QED) is 0.908. The molecule has 0 aliphatic carbocycles. The summed E-state index contributed by atoms with van der Waals surface area (Å²) in [7, 11) is 0. The number of aromatic nitrogens is 2. The summed E-state index contributed by atoms with van der Waals surface area (Å²) in [5.41, 5.74) is 2.55. The van der Waals surface area contributed by atoms with Gasteiger partial charge in [0.15, 0.2) is 5.82 Å². The Kier molecular flexibility index (Phi) is 4.02. The highest BCUT2D eigenvalue weighted by molar-refractivity contribution is 5.96. The lowest BCUT2D eigenvalue weighted by Gasteiger charge is -2.23. The highest BCUT2D eigenvalue weighted by atomic mass is 16.5. The van der Waals surface area contributed by atoms with Crippen molar-refractivity contribution in [2.24, 2.45) is 0 Å². The largest absolute Gasteiger partial charge is 0.360 e. The SMILES string of the molecule is Cc1cc(-n2c(C)cc(C(=O)N[C@H]3CCCNC3)c2C)no1. The summed E-state index contributed by atoms with van der Waals surface area (Å²) in [6, 6.07) is 3.98. The van der Waals surface area contributed by atoms with E-state index >= 15 is 0 Å². The third kappa shape index (κ3) is 2.78. The lowest BCUT2D eigenvalue weighted by Crippen LogP contribution is -2.45. The van der Waals surface area contributed by atoms with E-state index in [1.54, 1.807) is 0 Å². The maximum Gasteiger partial charge on any atom is 0.253 e. The third-order valence-corrected chi connectivity index (χ3v) is 4.15. The summed E-state index contributed by atoms with van der Waals surface area (Å²) in [4.78, 5) is 12.5. The summed E-state index contributed by atoms with van der Waals surface area (Å²) in [6.45, 7) is 7.63. The number of piperidine rings is 1. The zero-order chi connectivity index (χ0) is 15.7. The van der Waals surface area contributed by atoms with Gasteiger partial charge in [-0.05, 0) is 46.2 Å². The van der Waals surface area contributed by atoms with Crippen LogP contribution in [0, 0.1) is 20.8 Å². The zero-order valence-corrected chi connectivity index (χ0v) is 13.3. The highest BCUT2D eigenvalue weighted by Gasteiger charge is 2.21. The molecule has 1 aliphatic rings. The molecule has 0 bridgehead atoms. The van der Waals surface area contributed by atoms with Gasteiger partial charge in [0.1, 0.15) is 5.76 Å². The molecule has 22 heavy (non-hydrogen) atoms. The summed E-state index contributed by atoms with van der Waals surface area (Å²) in [5, 5.41) is 10.5. The van der Waals surface area contributed by atoms with Crippen molar-refractivity contribution < 1.29 is 9.32 Å². The summed E-state index contributed by atoms with van der Waals surface area (Å²) in [6.07, 6.45) is 2.13.